The molecule has 5 nitrogen and oxygen atoms in total. The number of ether oxygens (including phenoxy) is 1. The zero-order chi connectivity index (χ0) is 15.1. The van der Waals surface area contributed by atoms with Gasteiger partial charge in [0.15, 0.2) is 0 Å². The Balaban J connectivity index is 1.74. The lowest BCUT2D eigenvalue weighted by molar-refractivity contribution is -0.131. The Morgan fingerprint density at radius 3 is 2.62 bits per heavy atom. The molecular formula is C16H25N3O2. The van der Waals surface area contributed by atoms with Crippen LogP contribution in [0, 0.1) is 0 Å². The van der Waals surface area contributed by atoms with Gasteiger partial charge in [0, 0.05) is 39.3 Å². The number of methoxy groups -OCH3 is 1. The van der Waals surface area contributed by atoms with Crippen LogP contribution in [-0.2, 0) is 16.1 Å². The second kappa shape index (κ2) is 8.12. The number of nitrogens with zero attached hydrogens (tertiary/aromatic N) is 1. The maximum absolute atomic E-state index is 11.9. The first kappa shape index (κ1) is 15.9. The Kier molecular flexibility index (Phi) is 6.17. The fourth-order valence-corrected chi connectivity index (χ4v) is 2.68. The number of nitrogens with one attached hydrogen (secondary N) is 1. The normalized spacial score (nSPS) is 18.4. The van der Waals surface area contributed by atoms with E-state index < -0.39 is 6.10 Å². The number of likely N-dealkylation sites (tertiary alicyclic amines) is 1. The van der Waals surface area contributed by atoms with Gasteiger partial charge in [0.1, 0.15) is 6.10 Å². The molecule has 1 atom stereocenters. The summed E-state index contributed by atoms with van der Waals surface area (Å²) in [7, 11) is 1.51. The van der Waals surface area contributed by atoms with E-state index >= 15 is 0 Å². The lowest BCUT2D eigenvalue weighted by atomic mass is 10.0. The lowest BCUT2D eigenvalue weighted by Crippen LogP contribution is -2.49. The van der Waals surface area contributed by atoms with Crippen molar-refractivity contribution in [2.45, 2.75) is 31.5 Å². The summed E-state index contributed by atoms with van der Waals surface area (Å²) in [4.78, 5) is 14.3. The minimum Gasteiger partial charge on any atom is -0.370 e. The molecule has 1 heterocycles. The number of piperidine rings is 1. The number of benzene rings is 1. The molecule has 5 heteroatoms. The Bertz CT molecular complexity index is 426. The Morgan fingerprint density at radius 1 is 1.38 bits per heavy atom. The molecule has 1 fully saturated rings. The van der Waals surface area contributed by atoms with E-state index in [0.717, 1.165) is 32.5 Å². The molecule has 1 saturated heterocycles. The lowest BCUT2D eigenvalue weighted by Gasteiger charge is -2.32. The molecule has 1 amide bonds. The summed E-state index contributed by atoms with van der Waals surface area (Å²) in [6, 6.07) is 10.7. The van der Waals surface area contributed by atoms with E-state index in [1.807, 2.05) is 6.07 Å². The van der Waals surface area contributed by atoms with Crippen LogP contribution in [0.5, 0.6) is 0 Å². The zero-order valence-electron chi connectivity index (χ0n) is 12.6. The van der Waals surface area contributed by atoms with Crippen LogP contribution in [0.4, 0.5) is 0 Å². The predicted octanol–water partition coefficient (Wildman–Crippen LogP) is 0.741. The van der Waals surface area contributed by atoms with Crippen molar-refractivity contribution in [3.8, 4) is 0 Å². The van der Waals surface area contributed by atoms with Gasteiger partial charge in [-0.3, -0.25) is 9.69 Å². The SMILES string of the molecule is COC(CN)C(=O)NC1CCN(Cc2ccccc2)CC1. The van der Waals surface area contributed by atoms with Crippen LogP contribution in [-0.4, -0.2) is 49.7 Å². The van der Waals surface area contributed by atoms with Gasteiger partial charge >= 0.3 is 0 Å². The second-order valence-electron chi connectivity index (χ2n) is 5.50. The average molecular weight is 291 g/mol. The molecule has 0 bridgehead atoms. The average Bonchev–Trinajstić information content (AvgIpc) is 2.51. The predicted molar refractivity (Wildman–Crippen MR) is 82.7 cm³/mol. The third kappa shape index (κ3) is 4.81. The van der Waals surface area contributed by atoms with Gasteiger partial charge in [-0.25, -0.2) is 0 Å². The smallest absolute Gasteiger partial charge is 0.250 e. The van der Waals surface area contributed by atoms with E-state index in [1.54, 1.807) is 0 Å². The van der Waals surface area contributed by atoms with Crippen LogP contribution in [0.15, 0.2) is 30.3 Å². The largest absolute Gasteiger partial charge is 0.370 e. The van der Waals surface area contributed by atoms with E-state index in [0.29, 0.717) is 0 Å². The first-order chi connectivity index (χ1) is 10.2. The maximum atomic E-state index is 11.9. The molecule has 0 spiro atoms. The monoisotopic (exact) mass is 291 g/mol. The maximum Gasteiger partial charge on any atom is 0.250 e. The quantitative estimate of drug-likeness (QED) is 0.811. The van der Waals surface area contributed by atoms with Crippen LogP contribution < -0.4 is 11.1 Å². The van der Waals surface area contributed by atoms with Gasteiger partial charge in [-0.05, 0) is 18.4 Å². The van der Waals surface area contributed by atoms with E-state index in [2.05, 4.69) is 34.5 Å². The number of amides is 1. The van der Waals surface area contributed by atoms with Gasteiger partial charge in [0.25, 0.3) is 5.91 Å². The number of carbonyl (C=O) groups is 1. The number of rotatable bonds is 6. The highest BCUT2D eigenvalue weighted by atomic mass is 16.5. The van der Waals surface area contributed by atoms with Crippen LogP contribution in [0.3, 0.4) is 0 Å². The van der Waals surface area contributed by atoms with Gasteiger partial charge in [-0.15, -0.1) is 0 Å². The van der Waals surface area contributed by atoms with Gasteiger partial charge in [0.2, 0.25) is 0 Å². The van der Waals surface area contributed by atoms with E-state index in [-0.39, 0.29) is 18.5 Å². The number of carbonyl (C=O) groups excluding carboxylic acids is 1. The van der Waals surface area contributed by atoms with Crippen molar-refractivity contribution in [2.75, 3.05) is 26.7 Å². The molecule has 1 aromatic rings. The fraction of sp³-hybridized carbons (Fsp3) is 0.562. The number of nitrogens with two attached hydrogens (primary N) is 1. The molecule has 2 rings (SSSR count). The highest BCUT2D eigenvalue weighted by Gasteiger charge is 2.23. The highest BCUT2D eigenvalue weighted by Crippen LogP contribution is 2.14. The molecule has 1 aliphatic rings. The number of hydrogen-bond donors (Lipinski definition) is 2. The number of hydrogen-bond acceptors (Lipinski definition) is 4. The summed E-state index contributed by atoms with van der Waals surface area (Å²) < 4.78 is 5.06. The summed E-state index contributed by atoms with van der Waals surface area (Å²) in [6.07, 6.45) is 1.41. The highest BCUT2D eigenvalue weighted by molar-refractivity contribution is 5.81. The van der Waals surface area contributed by atoms with Crippen LogP contribution in [0.25, 0.3) is 0 Å². The van der Waals surface area contributed by atoms with Crippen molar-refractivity contribution in [2.24, 2.45) is 5.73 Å². The van der Waals surface area contributed by atoms with Crippen molar-refractivity contribution >= 4 is 5.91 Å². The van der Waals surface area contributed by atoms with E-state index in [4.69, 9.17) is 10.5 Å². The summed E-state index contributed by atoms with van der Waals surface area (Å²) in [6.45, 7) is 3.19. The van der Waals surface area contributed by atoms with E-state index in [1.165, 1.54) is 12.7 Å². The zero-order valence-corrected chi connectivity index (χ0v) is 12.6. The van der Waals surface area contributed by atoms with E-state index in [9.17, 15) is 4.79 Å². The Hall–Kier alpha value is -1.43. The first-order valence-electron chi connectivity index (χ1n) is 7.52. The Morgan fingerprint density at radius 2 is 2.05 bits per heavy atom. The minimum atomic E-state index is -0.535. The van der Waals surface area contributed by atoms with Crippen molar-refractivity contribution in [1.29, 1.82) is 0 Å². The minimum absolute atomic E-state index is 0.0958. The third-order valence-electron chi connectivity index (χ3n) is 3.97. The fourth-order valence-electron chi connectivity index (χ4n) is 2.68. The first-order valence-corrected chi connectivity index (χ1v) is 7.52. The van der Waals surface area contributed by atoms with Crippen LogP contribution in [0.2, 0.25) is 0 Å². The molecule has 0 aliphatic carbocycles. The van der Waals surface area contributed by atoms with Crippen molar-refractivity contribution in [1.82, 2.24) is 10.2 Å². The Labute approximate surface area is 126 Å². The molecule has 1 unspecified atom stereocenters. The van der Waals surface area contributed by atoms with Crippen molar-refractivity contribution in [3.63, 3.8) is 0 Å². The molecule has 1 aliphatic heterocycles. The van der Waals surface area contributed by atoms with Crippen LogP contribution in [0.1, 0.15) is 18.4 Å². The standard InChI is InChI=1S/C16H25N3O2/c1-21-15(11-17)16(20)18-14-7-9-19(10-8-14)12-13-5-3-2-4-6-13/h2-6,14-15H,7-12,17H2,1H3,(H,18,20). The summed E-state index contributed by atoms with van der Waals surface area (Å²) in [5, 5.41) is 3.03. The molecule has 21 heavy (non-hydrogen) atoms. The third-order valence-corrected chi connectivity index (χ3v) is 3.97. The van der Waals surface area contributed by atoms with Gasteiger partial charge in [-0.2, -0.15) is 0 Å². The van der Waals surface area contributed by atoms with Gasteiger partial charge in [0.05, 0.1) is 0 Å². The molecule has 0 saturated carbocycles. The molecule has 1 aromatic carbocycles. The molecule has 116 valence electrons. The summed E-state index contributed by atoms with van der Waals surface area (Å²) >= 11 is 0. The molecule has 0 radical (unpaired) electrons. The van der Waals surface area contributed by atoms with Crippen molar-refractivity contribution < 1.29 is 9.53 Å². The second-order valence-corrected chi connectivity index (χ2v) is 5.50. The van der Waals surface area contributed by atoms with Gasteiger partial charge in [-0.1, -0.05) is 30.3 Å². The van der Waals surface area contributed by atoms with Crippen molar-refractivity contribution in [3.05, 3.63) is 35.9 Å². The topological polar surface area (TPSA) is 67.6 Å². The summed E-state index contributed by atoms with van der Waals surface area (Å²) in [5.74, 6) is -0.0958. The van der Waals surface area contributed by atoms with Gasteiger partial charge < -0.3 is 15.8 Å². The summed E-state index contributed by atoms with van der Waals surface area (Å²) in [5.41, 5.74) is 6.84. The molecule has 3 N–H and O–H groups in total. The molecule has 0 aromatic heterocycles. The molecular weight excluding hydrogens is 266 g/mol. The van der Waals surface area contributed by atoms with Crippen LogP contribution >= 0.6 is 0 Å².